The number of nitrogens with one attached hydrogen (secondary N) is 2. The second-order valence-electron chi connectivity index (χ2n) is 2.93. The summed E-state index contributed by atoms with van der Waals surface area (Å²) in [5.41, 5.74) is 5.39. The van der Waals surface area contributed by atoms with E-state index in [1.807, 2.05) is 19.9 Å². The van der Waals surface area contributed by atoms with E-state index in [4.69, 9.17) is 5.73 Å². The number of nitrogens with zero attached hydrogens (tertiary/aromatic N) is 2. The molecule has 0 aliphatic heterocycles. The molecule has 0 saturated carbocycles. The first kappa shape index (κ1) is 10.7. The Hall–Kier alpha value is -1.36. The number of aryl methyl sites for hydroxylation is 1. The SMILES string of the molecule is CCNc1cc(NCCN)nc(C)n1. The Kier molecular flexibility index (Phi) is 4.12. The quantitative estimate of drug-likeness (QED) is 0.641. The van der Waals surface area contributed by atoms with Crippen molar-refractivity contribution in [1.82, 2.24) is 9.97 Å². The molecule has 0 radical (unpaired) electrons. The van der Waals surface area contributed by atoms with Crippen LogP contribution in [-0.4, -0.2) is 29.6 Å². The van der Waals surface area contributed by atoms with Crippen LogP contribution in [0, 0.1) is 6.92 Å². The topological polar surface area (TPSA) is 75.9 Å². The van der Waals surface area contributed by atoms with Crippen molar-refractivity contribution in [3.8, 4) is 0 Å². The Morgan fingerprint density at radius 2 is 1.93 bits per heavy atom. The summed E-state index contributed by atoms with van der Waals surface area (Å²) in [6, 6.07) is 1.88. The van der Waals surface area contributed by atoms with Crippen LogP contribution in [0.2, 0.25) is 0 Å². The molecule has 78 valence electrons. The van der Waals surface area contributed by atoms with Crippen molar-refractivity contribution >= 4 is 11.6 Å². The van der Waals surface area contributed by atoms with Gasteiger partial charge in [-0.3, -0.25) is 0 Å². The zero-order valence-corrected chi connectivity index (χ0v) is 8.67. The molecule has 0 bridgehead atoms. The molecule has 4 N–H and O–H groups in total. The third-order valence-corrected chi connectivity index (χ3v) is 1.65. The molecule has 0 fully saturated rings. The van der Waals surface area contributed by atoms with Crippen molar-refractivity contribution in [2.24, 2.45) is 5.73 Å². The van der Waals surface area contributed by atoms with Crippen molar-refractivity contribution in [2.45, 2.75) is 13.8 Å². The summed E-state index contributed by atoms with van der Waals surface area (Å²) in [6.07, 6.45) is 0. The maximum atomic E-state index is 5.39. The van der Waals surface area contributed by atoms with Crippen LogP contribution in [-0.2, 0) is 0 Å². The lowest BCUT2D eigenvalue weighted by molar-refractivity contribution is 0.982. The minimum absolute atomic E-state index is 0.597. The number of hydrogen-bond acceptors (Lipinski definition) is 5. The van der Waals surface area contributed by atoms with Crippen molar-refractivity contribution in [3.63, 3.8) is 0 Å². The smallest absolute Gasteiger partial charge is 0.131 e. The van der Waals surface area contributed by atoms with Gasteiger partial charge in [-0.2, -0.15) is 0 Å². The minimum atomic E-state index is 0.597. The molecule has 1 rings (SSSR count). The maximum Gasteiger partial charge on any atom is 0.131 e. The van der Waals surface area contributed by atoms with Crippen LogP contribution in [0.25, 0.3) is 0 Å². The average molecular weight is 195 g/mol. The van der Waals surface area contributed by atoms with Crippen LogP contribution in [0.4, 0.5) is 11.6 Å². The number of nitrogens with two attached hydrogens (primary N) is 1. The summed E-state index contributed by atoms with van der Waals surface area (Å²) >= 11 is 0. The first-order valence-electron chi connectivity index (χ1n) is 4.79. The second kappa shape index (κ2) is 5.39. The lowest BCUT2D eigenvalue weighted by Crippen LogP contribution is -2.14. The molecule has 0 aliphatic rings. The van der Waals surface area contributed by atoms with E-state index >= 15 is 0 Å². The number of anilines is 2. The molecule has 14 heavy (non-hydrogen) atoms. The summed E-state index contributed by atoms with van der Waals surface area (Å²) in [6.45, 7) is 6.08. The molecule has 0 aromatic carbocycles. The fourth-order valence-corrected chi connectivity index (χ4v) is 1.13. The maximum absolute atomic E-state index is 5.39. The van der Waals surface area contributed by atoms with Gasteiger partial charge in [0.25, 0.3) is 0 Å². The van der Waals surface area contributed by atoms with Crippen LogP contribution in [0.3, 0.4) is 0 Å². The minimum Gasteiger partial charge on any atom is -0.370 e. The Balaban J connectivity index is 2.73. The van der Waals surface area contributed by atoms with Crippen molar-refractivity contribution < 1.29 is 0 Å². The second-order valence-corrected chi connectivity index (χ2v) is 2.93. The predicted octanol–water partition coefficient (Wildman–Crippen LogP) is 0.587. The van der Waals surface area contributed by atoms with E-state index in [9.17, 15) is 0 Å². The highest BCUT2D eigenvalue weighted by Crippen LogP contribution is 2.09. The summed E-state index contributed by atoms with van der Waals surface area (Å²) in [7, 11) is 0. The van der Waals surface area contributed by atoms with E-state index in [1.54, 1.807) is 0 Å². The monoisotopic (exact) mass is 195 g/mol. The molecule has 5 nitrogen and oxygen atoms in total. The van der Waals surface area contributed by atoms with Gasteiger partial charge in [-0.1, -0.05) is 0 Å². The lowest BCUT2D eigenvalue weighted by atomic mass is 10.4. The third kappa shape index (κ3) is 3.18. The van der Waals surface area contributed by atoms with Crippen molar-refractivity contribution in [3.05, 3.63) is 11.9 Å². The lowest BCUT2D eigenvalue weighted by Gasteiger charge is -2.07. The van der Waals surface area contributed by atoms with Gasteiger partial charge in [0.15, 0.2) is 0 Å². The molecule has 1 aromatic rings. The molecule has 5 heteroatoms. The molecular weight excluding hydrogens is 178 g/mol. The van der Waals surface area contributed by atoms with Gasteiger partial charge in [0, 0.05) is 25.7 Å². The van der Waals surface area contributed by atoms with Crippen molar-refractivity contribution in [1.29, 1.82) is 0 Å². The molecule has 0 unspecified atom stereocenters. The first-order chi connectivity index (χ1) is 6.76. The van der Waals surface area contributed by atoms with Crippen LogP contribution in [0.15, 0.2) is 6.07 Å². The number of hydrogen-bond donors (Lipinski definition) is 3. The fourth-order valence-electron chi connectivity index (χ4n) is 1.13. The highest BCUT2D eigenvalue weighted by Gasteiger charge is 1.99. The molecular formula is C9H17N5. The summed E-state index contributed by atoms with van der Waals surface area (Å²) < 4.78 is 0. The Morgan fingerprint density at radius 1 is 1.29 bits per heavy atom. The molecule has 1 heterocycles. The zero-order valence-electron chi connectivity index (χ0n) is 8.67. The van der Waals surface area contributed by atoms with Crippen LogP contribution < -0.4 is 16.4 Å². The number of rotatable bonds is 5. The Labute approximate surface area is 84.1 Å². The average Bonchev–Trinajstić information content (AvgIpc) is 2.14. The van der Waals surface area contributed by atoms with E-state index < -0.39 is 0 Å². The summed E-state index contributed by atoms with van der Waals surface area (Å²) in [5, 5.41) is 6.26. The molecule has 1 aromatic heterocycles. The Morgan fingerprint density at radius 3 is 2.50 bits per heavy atom. The van der Waals surface area contributed by atoms with Crippen molar-refractivity contribution in [2.75, 3.05) is 30.3 Å². The predicted molar refractivity (Wildman–Crippen MR) is 58.5 cm³/mol. The van der Waals surface area contributed by atoms with E-state index in [1.165, 1.54) is 0 Å². The summed E-state index contributed by atoms with van der Waals surface area (Å²) in [4.78, 5) is 8.47. The molecule has 0 saturated heterocycles. The van der Waals surface area contributed by atoms with Crippen LogP contribution in [0.1, 0.15) is 12.7 Å². The van der Waals surface area contributed by atoms with E-state index in [-0.39, 0.29) is 0 Å². The molecule has 0 atom stereocenters. The van der Waals surface area contributed by atoms with Gasteiger partial charge in [0.2, 0.25) is 0 Å². The largest absolute Gasteiger partial charge is 0.370 e. The van der Waals surface area contributed by atoms with E-state index in [0.717, 1.165) is 30.5 Å². The molecule has 0 amide bonds. The first-order valence-corrected chi connectivity index (χ1v) is 4.79. The molecule has 0 aliphatic carbocycles. The van der Waals surface area contributed by atoms with E-state index in [2.05, 4.69) is 20.6 Å². The van der Waals surface area contributed by atoms with Crippen LogP contribution in [0.5, 0.6) is 0 Å². The normalized spacial score (nSPS) is 9.93. The third-order valence-electron chi connectivity index (χ3n) is 1.65. The highest BCUT2D eigenvalue weighted by atomic mass is 15.1. The van der Waals surface area contributed by atoms with Gasteiger partial charge in [-0.25, -0.2) is 9.97 Å². The van der Waals surface area contributed by atoms with Crippen LogP contribution >= 0.6 is 0 Å². The zero-order chi connectivity index (χ0) is 10.4. The van der Waals surface area contributed by atoms with Gasteiger partial charge < -0.3 is 16.4 Å². The fraction of sp³-hybridized carbons (Fsp3) is 0.556. The van der Waals surface area contributed by atoms with E-state index in [0.29, 0.717) is 6.54 Å². The summed E-state index contributed by atoms with van der Waals surface area (Å²) in [5.74, 6) is 2.42. The standard InChI is InChI=1S/C9H17N5/c1-3-11-8-6-9(12-5-4-10)14-7(2)13-8/h6H,3-5,10H2,1-2H3,(H2,11,12,13,14). The van der Waals surface area contributed by atoms with Gasteiger partial charge in [0.1, 0.15) is 17.5 Å². The number of aromatic nitrogens is 2. The Bertz CT molecular complexity index is 287. The van der Waals surface area contributed by atoms with Gasteiger partial charge >= 0.3 is 0 Å². The van der Waals surface area contributed by atoms with Gasteiger partial charge in [-0.05, 0) is 13.8 Å². The van der Waals surface area contributed by atoms with Gasteiger partial charge in [-0.15, -0.1) is 0 Å². The van der Waals surface area contributed by atoms with Gasteiger partial charge in [0.05, 0.1) is 0 Å². The highest BCUT2D eigenvalue weighted by molar-refractivity contribution is 5.47. The molecule has 0 spiro atoms.